The Labute approximate surface area is 199 Å². The maximum atomic E-state index is 11.9. The van der Waals surface area contributed by atoms with Gasteiger partial charge in [-0.2, -0.15) is 0 Å². The number of para-hydroxylation sites is 3. The van der Waals surface area contributed by atoms with Crippen molar-refractivity contribution in [1.29, 1.82) is 0 Å². The van der Waals surface area contributed by atoms with Gasteiger partial charge in [0.1, 0.15) is 5.03 Å². The molecule has 3 aromatic heterocycles. The summed E-state index contributed by atoms with van der Waals surface area (Å²) in [5.41, 5.74) is 3.28. The summed E-state index contributed by atoms with van der Waals surface area (Å²) in [6.45, 7) is 1.99. The topological polar surface area (TPSA) is 81.5 Å². The van der Waals surface area contributed by atoms with Gasteiger partial charge in [-0.05, 0) is 53.6 Å². The predicted octanol–water partition coefficient (Wildman–Crippen LogP) is 7.08. The van der Waals surface area contributed by atoms with Crippen LogP contribution in [-0.4, -0.2) is 29.1 Å². The molecular formula is C28H29N3O2S. The zero-order valence-electron chi connectivity index (χ0n) is 19.2. The van der Waals surface area contributed by atoms with Gasteiger partial charge in [0.15, 0.2) is 9.84 Å². The molecule has 0 amide bonds. The van der Waals surface area contributed by atoms with Crippen molar-refractivity contribution in [2.24, 2.45) is 0 Å². The molecule has 0 aliphatic carbocycles. The third-order valence-electron chi connectivity index (χ3n) is 5.53. The Morgan fingerprint density at radius 3 is 1.65 bits per heavy atom. The number of sulfone groups is 1. The highest BCUT2D eigenvalue weighted by molar-refractivity contribution is 7.91. The normalized spacial score (nSPS) is 11.1. The van der Waals surface area contributed by atoms with Gasteiger partial charge in [-0.15, -0.1) is 0 Å². The second-order valence-electron chi connectivity index (χ2n) is 8.02. The first-order valence-electron chi connectivity index (χ1n) is 11.4. The van der Waals surface area contributed by atoms with E-state index in [2.05, 4.69) is 51.4 Å². The third-order valence-corrected chi connectivity index (χ3v) is 7.25. The predicted molar refractivity (Wildman–Crippen MR) is 142 cm³/mol. The minimum absolute atomic E-state index is 0.219. The van der Waals surface area contributed by atoms with E-state index in [-0.39, 0.29) is 5.75 Å². The van der Waals surface area contributed by atoms with Crippen LogP contribution < -0.4 is 0 Å². The Hall–Kier alpha value is -3.77. The molecule has 0 radical (unpaired) electrons. The molecule has 0 saturated carbocycles. The standard InChI is InChI=1S/C12H15NO2S.2C8H7N/c1-2-3-8-16(14,15)12-9-10-6-4-5-7-11(10)13-12;2*1-2-4-8-7(3-1)5-6-9-8/h4-7,9,13H,2-3,8H2,1H3;2*1-6,9H. The summed E-state index contributed by atoms with van der Waals surface area (Å²) in [5, 5.41) is 3.83. The largest absolute Gasteiger partial charge is 0.361 e. The zero-order chi connectivity index (χ0) is 23.8. The van der Waals surface area contributed by atoms with E-state index >= 15 is 0 Å². The van der Waals surface area contributed by atoms with E-state index in [9.17, 15) is 8.42 Å². The molecule has 0 unspecified atom stereocenters. The van der Waals surface area contributed by atoms with Crippen LogP contribution in [-0.2, 0) is 9.84 Å². The Morgan fingerprint density at radius 2 is 1.15 bits per heavy atom. The molecule has 0 saturated heterocycles. The molecule has 3 heterocycles. The third kappa shape index (κ3) is 5.77. The fraction of sp³-hybridized carbons (Fsp3) is 0.143. The van der Waals surface area contributed by atoms with Crippen molar-refractivity contribution < 1.29 is 8.42 Å². The summed E-state index contributed by atoms with van der Waals surface area (Å²) in [4.78, 5) is 9.20. The Morgan fingerprint density at radius 1 is 0.647 bits per heavy atom. The van der Waals surface area contributed by atoms with Gasteiger partial charge in [-0.3, -0.25) is 0 Å². The van der Waals surface area contributed by atoms with Crippen LogP contribution >= 0.6 is 0 Å². The number of aromatic nitrogens is 3. The van der Waals surface area contributed by atoms with Gasteiger partial charge in [0.2, 0.25) is 0 Å². The van der Waals surface area contributed by atoms with Gasteiger partial charge in [-0.1, -0.05) is 67.9 Å². The highest BCUT2D eigenvalue weighted by atomic mass is 32.2. The second-order valence-corrected chi connectivity index (χ2v) is 10.1. The first kappa shape index (κ1) is 23.4. The molecule has 5 nitrogen and oxygen atoms in total. The van der Waals surface area contributed by atoms with E-state index in [0.29, 0.717) is 11.4 Å². The number of benzene rings is 3. The zero-order valence-corrected chi connectivity index (χ0v) is 20.0. The molecule has 0 aliphatic heterocycles. The summed E-state index contributed by atoms with van der Waals surface area (Å²) in [6, 6.07) is 29.9. The van der Waals surface area contributed by atoms with Crippen molar-refractivity contribution in [3.8, 4) is 0 Å². The number of hydrogen-bond acceptors (Lipinski definition) is 2. The van der Waals surface area contributed by atoms with Crippen molar-refractivity contribution >= 4 is 42.5 Å². The molecule has 3 N–H and O–H groups in total. The van der Waals surface area contributed by atoms with Crippen molar-refractivity contribution in [3.05, 3.63) is 103 Å². The minimum atomic E-state index is -3.14. The second kappa shape index (κ2) is 10.9. The lowest BCUT2D eigenvalue weighted by atomic mass is 10.3. The average Bonchev–Trinajstić information content (AvgIpc) is 3.62. The van der Waals surface area contributed by atoms with Crippen LogP contribution in [0.2, 0.25) is 0 Å². The Bertz CT molecular complexity index is 1420. The molecule has 0 atom stereocenters. The van der Waals surface area contributed by atoms with E-state index < -0.39 is 9.84 Å². The molecule has 0 fully saturated rings. The van der Waals surface area contributed by atoms with Crippen molar-refractivity contribution in [2.45, 2.75) is 24.8 Å². The van der Waals surface area contributed by atoms with Crippen LogP contribution in [0.3, 0.4) is 0 Å². The number of rotatable bonds is 4. The van der Waals surface area contributed by atoms with Crippen LogP contribution in [0.1, 0.15) is 19.8 Å². The number of H-pyrrole nitrogens is 3. The molecule has 0 bridgehead atoms. The lowest BCUT2D eigenvalue weighted by Gasteiger charge is -1.99. The molecule has 0 spiro atoms. The van der Waals surface area contributed by atoms with Crippen molar-refractivity contribution in [3.63, 3.8) is 0 Å². The average molecular weight is 472 g/mol. The number of aromatic amines is 3. The van der Waals surface area contributed by atoms with E-state index in [4.69, 9.17) is 0 Å². The van der Waals surface area contributed by atoms with E-state index in [1.165, 1.54) is 21.8 Å². The van der Waals surface area contributed by atoms with Gasteiger partial charge < -0.3 is 15.0 Å². The van der Waals surface area contributed by atoms with E-state index in [0.717, 1.165) is 17.3 Å². The van der Waals surface area contributed by atoms with Gasteiger partial charge in [0.25, 0.3) is 0 Å². The quantitative estimate of drug-likeness (QED) is 0.257. The van der Waals surface area contributed by atoms with Gasteiger partial charge in [-0.25, -0.2) is 8.42 Å². The van der Waals surface area contributed by atoms with E-state index in [1.54, 1.807) is 6.07 Å². The van der Waals surface area contributed by atoms with Crippen molar-refractivity contribution in [2.75, 3.05) is 5.75 Å². The molecule has 6 aromatic rings. The van der Waals surface area contributed by atoms with Gasteiger partial charge in [0, 0.05) is 34.3 Å². The SMILES string of the molecule is CCCCS(=O)(=O)c1cc2ccccc2[nH]1.c1ccc2[nH]ccc2c1.c1ccc2[nH]ccc2c1. The van der Waals surface area contributed by atoms with E-state index in [1.807, 2.05) is 67.8 Å². The smallest absolute Gasteiger partial charge is 0.193 e. The first-order chi connectivity index (χ1) is 16.6. The van der Waals surface area contributed by atoms with Crippen molar-refractivity contribution in [1.82, 2.24) is 15.0 Å². The van der Waals surface area contributed by atoms with Crippen LogP contribution in [0, 0.1) is 0 Å². The maximum absolute atomic E-state index is 11.9. The molecule has 3 aromatic carbocycles. The molecule has 174 valence electrons. The molecule has 34 heavy (non-hydrogen) atoms. The lowest BCUT2D eigenvalue weighted by Crippen LogP contribution is -2.06. The fourth-order valence-corrected chi connectivity index (χ4v) is 5.11. The number of unbranched alkanes of at least 4 members (excludes halogenated alkanes) is 1. The summed E-state index contributed by atoms with van der Waals surface area (Å²) < 4.78 is 23.9. The molecule has 6 rings (SSSR count). The Kier molecular flexibility index (Phi) is 7.50. The summed E-state index contributed by atoms with van der Waals surface area (Å²) in [5.74, 6) is 0.219. The number of nitrogens with one attached hydrogen (secondary N) is 3. The number of hydrogen-bond donors (Lipinski definition) is 3. The highest BCUT2D eigenvalue weighted by Crippen LogP contribution is 2.19. The Balaban J connectivity index is 0.000000129. The lowest BCUT2D eigenvalue weighted by molar-refractivity contribution is 0.590. The van der Waals surface area contributed by atoms with Crippen LogP contribution in [0.25, 0.3) is 32.7 Å². The number of fused-ring (bicyclic) bond motifs is 3. The fourth-order valence-electron chi connectivity index (χ4n) is 3.65. The summed E-state index contributed by atoms with van der Waals surface area (Å²) >= 11 is 0. The molecule has 0 aliphatic rings. The molecular weight excluding hydrogens is 442 g/mol. The van der Waals surface area contributed by atoms with Gasteiger partial charge >= 0.3 is 0 Å². The van der Waals surface area contributed by atoms with Crippen LogP contribution in [0.15, 0.2) is 108 Å². The monoisotopic (exact) mass is 471 g/mol. The van der Waals surface area contributed by atoms with Crippen LogP contribution in [0.4, 0.5) is 0 Å². The molecule has 6 heteroatoms. The highest BCUT2D eigenvalue weighted by Gasteiger charge is 2.16. The summed E-state index contributed by atoms with van der Waals surface area (Å²) in [6.07, 6.45) is 5.49. The maximum Gasteiger partial charge on any atom is 0.193 e. The van der Waals surface area contributed by atoms with Crippen LogP contribution in [0.5, 0.6) is 0 Å². The van der Waals surface area contributed by atoms with Gasteiger partial charge in [0.05, 0.1) is 5.75 Å². The minimum Gasteiger partial charge on any atom is -0.361 e. The first-order valence-corrected chi connectivity index (χ1v) is 13.1. The summed E-state index contributed by atoms with van der Waals surface area (Å²) in [7, 11) is -3.14.